The van der Waals surface area contributed by atoms with E-state index in [4.69, 9.17) is 0 Å². The highest BCUT2D eigenvalue weighted by Gasteiger charge is 2.27. The average molecular weight is 269 g/mol. The summed E-state index contributed by atoms with van der Waals surface area (Å²) >= 11 is 0. The van der Waals surface area contributed by atoms with Crippen molar-refractivity contribution < 1.29 is 4.79 Å². The molecule has 3 rings (SSSR count). The number of benzene rings is 1. The van der Waals surface area contributed by atoms with Gasteiger partial charge in [0.1, 0.15) is 0 Å². The number of nitrogens with one attached hydrogen (secondary N) is 1. The van der Waals surface area contributed by atoms with Gasteiger partial charge in [0.05, 0.1) is 5.92 Å². The molecule has 1 aliphatic carbocycles. The van der Waals surface area contributed by atoms with Crippen molar-refractivity contribution in [2.45, 2.75) is 25.2 Å². The molecule has 1 unspecified atom stereocenters. The maximum atomic E-state index is 12.3. The maximum Gasteiger partial charge on any atom is 0.227 e. The van der Waals surface area contributed by atoms with E-state index < -0.39 is 0 Å². The molecular formula is C16H19N3O. The average Bonchev–Trinajstić information content (AvgIpc) is 3.05. The van der Waals surface area contributed by atoms with Crippen LogP contribution < -0.4 is 5.32 Å². The molecule has 1 heterocycles. The van der Waals surface area contributed by atoms with E-state index in [0.29, 0.717) is 6.54 Å². The van der Waals surface area contributed by atoms with Gasteiger partial charge >= 0.3 is 0 Å². The predicted molar refractivity (Wildman–Crippen MR) is 77.4 cm³/mol. The minimum absolute atomic E-state index is 0.0257. The zero-order chi connectivity index (χ0) is 13.9. The molecular weight excluding hydrogens is 250 g/mol. The molecule has 1 amide bonds. The summed E-state index contributed by atoms with van der Waals surface area (Å²) in [6.07, 6.45) is 4.54. The molecule has 1 N–H and O–H groups in total. The van der Waals surface area contributed by atoms with Crippen molar-refractivity contribution in [1.82, 2.24) is 15.1 Å². The summed E-state index contributed by atoms with van der Waals surface area (Å²) in [5, 5.41) is 7.18. The van der Waals surface area contributed by atoms with Crippen molar-refractivity contribution in [3.8, 4) is 0 Å². The van der Waals surface area contributed by atoms with Gasteiger partial charge in [-0.05, 0) is 30.0 Å². The van der Waals surface area contributed by atoms with Crippen molar-refractivity contribution in [1.29, 1.82) is 0 Å². The largest absolute Gasteiger partial charge is 0.355 e. The highest BCUT2D eigenvalue weighted by atomic mass is 16.1. The molecule has 2 aromatic rings. The monoisotopic (exact) mass is 269 g/mol. The number of fused-ring (bicyclic) bond motifs is 1. The fraction of sp³-hybridized carbons (Fsp3) is 0.375. The number of aromatic nitrogens is 2. The Balaban J connectivity index is 1.57. The fourth-order valence-corrected chi connectivity index (χ4v) is 2.91. The van der Waals surface area contributed by atoms with E-state index in [1.807, 2.05) is 29.9 Å². The van der Waals surface area contributed by atoms with Crippen LogP contribution in [0.5, 0.6) is 0 Å². The van der Waals surface area contributed by atoms with Crippen LogP contribution in [0.15, 0.2) is 36.5 Å². The third-order valence-corrected chi connectivity index (χ3v) is 4.05. The third kappa shape index (κ3) is 2.46. The van der Waals surface area contributed by atoms with Crippen LogP contribution in [0.4, 0.5) is 0 Å². The number of amides is 1. The normalized spacial score (nSPS) is 16.9. The Morgan fingerprint density at radius 2 is 2.25 bits per heavy atom. The first-order chi connectivity index (χ1) is 9.75. The molecule has 0 radical (unpaired) electrons. The summed E-state index contributed by atoms with van der Waals surface area (Å²) in [6.45, 7) is 0.664. The van der Waals surface area contributed by atoms with E-state index in [1.54, 1.807) is 6.20 Å². The molecule has 0 saturated heterocycles. The summed E-state index contributed by atoms with van der Waals surface area (Å²) in [6, 6.07) is 10.2. The van der Waals surface area contributed by atoms with Crippen molar-refractivity contribution in [2.75, 3.05) is 6.54 Å². The van der Waals surface area contributed by atoms with E-state index in [1.165, 1.54) is 11.1 Å². The van der Waals surface area contributed by atoms with Gasteiger partial charge in [0, 0.05) is 31.9 Å². The van der Waals surface area contributed by atoms with E-state index in [2.05, 4.69) is 22.5 Å². The Bertz CT molecular complexity index is 618. The van der Waals surface area contributed by atoms with Crippen LogP contribution >= 0.6 is 0 Å². The number of aryl methyl sites for hydroxylation is 2. The van der Waals surface area contributed by atoms with Gasteiger partial charge < -0.3 is 5.32 Å². The number of carbonyl (C=O) groups is 1. The van der Waals surface area contributed by atoms with Crippen molar-refractivity contribution in [2.24, 2.45) is 7.05 Å². The van der Waals surface area contributed by atoms with Gasteiger partial charge in [-0.2, -0.15) is 5.10 Å². The quantitative estimate of drug-likeness (QED) is 0.920. The van der Waals surface area contributed by atoms with Gasteiger partial charge in [0.15, 0.2) is 0 Å². The number of hydrogen-bond acceptors (Lipinski definition) is 2. The first kappa shape index (κ1) is 12.9. The smallest absolute Gasteiger partial charge is 0.227 e. The summed E-state index contributed by atoms with van der Waals surface area (Å²) in [4.78, 5) is 12.3. The molecule has 4 heteroatoms. The van der Waals surface area contributed by atoms with Crippen LogP contribution in [0, 0.1) is 0 Å². The topological polar surface area (TPSA) is 46.9 Å². The van der Waals surface area contributed by atoms with Crippen LogP contribution in [0.25, 0.3) is 0 Å². The molecule has 0 saturated carbocycles. The van der Waals surface area contributed by atoms with Crippen LogP contribution in [0.3, 0.4) is 0 Å². The number of nitrogens with zero attached hydrogens (tertiary/aromatic N) is 2. The van der Waals surface area contributed by atoms with Gasteiger partial charge in [0.2, 0.25) is 5.91 Å². The molecule has 0 fully saturated rings. The Morgan fingerprint density at radius 3 is 3.05 bits per heavy atom. The lowest BCUT2D eigenvalue weighted by Crippen LogP contribution is -2.30. The zero-order valence-corrected chi connectivity index (χ0v) is 11.7. The molecule has 0 bridgehead atoms. The second kappa shape index (κ2) is 5.49. The Hall–Kier alpha value is -2.10. The van der Waals surface area contributed by atoms with Gasteiger partial charge in [-0.25, -0.2) is 0 Å². The van der Waals surface area contributed by atoms with Gasteiger partial charge in [-0.15, -0.1) is 0 Å². The van der Waals surface area contributed by atoms with E-state index in [9.17, 15) is 4.79 Å². The second-order valence-corrected chi connectivity index (χ2v) is 5.28. The number of carbonyl (C=O) groups excluding carboxylic acids is 1. The first-order valence-corrected chi connectivity index (χ1v) is 7.08. The lowest BCUT2D eigenvalue weighted by atomic mass is 10.0. The van der Waals surface area contributed by atoms with Crippen molar-refractivity contribution in [3.05, 3.63) is 53.3 Å². The zero-order valence-electron chi connectivity index (χ0n) is 11.7. The van der Waals surface area contributed by atoms with Gasteiger partial charge in [-0.3, -0.25) is 9.48 Å². The highest BCUT2D eigenvalue weighted by molar-refractivity contribution is 5.84. The SMILES string of the molecule is Cn1nccc1CCNC(=O)C1CCc2ccccc21. The van der Waals surface area contributed by atoms with Gasteiger partial charge in [-0.1, -0.05) is 24.3 Å². The molecule has 1 aromatic heterocycles. The molecule has 0 spiro atoms. The van der Waals surface area contributed by atoms with E-state index in [-0.39, 0.29) is 11.8 Å². The second-order valence-electron chi connectivity index (χ2n) is 5.28. The molecule has 4 nitrogen and oxygen atoms in total. The summed E-state index contributed by atoms with van der Waals surface area (Å²) in [7, 11) is 1.92. The van der Waals surface area contributed by atoms with Crippen LogP contribution in [0.1, 0.15) is 29.2 Å². The highest BCUT2D eigenvalue weighted by Crippen LogP contribution is 2.32. The predicted octanol–water partition coefficient (Wildman–Crippen LogP) is 1.81. The number of rotatable bonds is 4. The fourth-order valence-electron chi connectivity index (χ4n) is 2.91. The molecule has 104 valence electrons. The minimum atomic E-state index is 0.0257. The minimum Gasteiger partial charge on any atom is -0.355 e. The van der Waals surface area contributed by atoms with Crippen LogP contribution in [-0.4, -0.2) is 22.2 Å². The van der Waals surface area contributed by atoms with Crippen LogP contribution in [-0.2, 0) is 24.7 Å². The van der Waals surface area contributed by atoms with Crippen molar-refractivity contribution in [3.63, 3.8) is 0 Å². The molecule has 1 aromatic carbocycles. The van der Waals surface area contributed by atoms with Crippen LogP contribution in [0.2, 0.25) is 0 Å². The molecule has 20 heavy (non-hydrogen) atoms. The van der Waals surface area contributed by atoms with E-state index in [0.717, 1.165) is 25.0 Å². The standard InChI is InChI=1S/C16H19N3O/c1-19-13(9-11-18-19)8-10-17-16(20)15-7-6-12-4-2-3-5-14(12)15/h2-5,9,11,15H,6-8,10H2,1H3,(H,17,20). The Kier molecular flexibility index (Phi) is 3.54. The lowest BCUT2D eigenvalue weighted by molar-refractivity contribution is -0.122. The number of hydrogen-bond donors (Lipinski definition) is 1. The Morgan fingerprint density at radius 1 is 1.40 bits per heavy atom. The van der Waals surface area contributed by atoms with Crippen molar-refractivity contribution >= 4 is 5.91 Å². The summed E-state index contributed by atoms with van der Waals surface area (Å²) in [5.41, 5.74) is 3.65. The summed E-state index contributed by atoms with van der Waals surface area (Å²) < 4.78 is 1.84. The molecule has 1 atom stereocenters. The van der Waals surface area contributed by atoms with E-state index >= 15 is 0 Å². The maximum absolute atomic E-state index is 12.3. The molecule has 0 aliphatic heterocycles. The first-order valence-electron chi connectivity index (χ1n) is 7.08. The molecule has 1 aliphatic rings. The lowest BCUT2D eigenvalue weighted by Gasteiger charge is -2.12. The summed E-state index contributed by atoms with van der Waals surface area (Å²) in [5.74, 6) is 0.176. The third-order valence-electron chi connectivity index (χ3n) is 4.05. The van der Waals surface area contributed by atoms with Gasteiger partial charge in [0.25, 0.3) is 0 Å². The Labute approximate surface area is 118 Å².